The number of urea groups is 1. The molecule has 3 amide bonds. The summed E-state index contributed by atoms with van der Waals surface area (Å²) in [6.45, 7) is 0. The van der Waals surface area contributed by atoms with Crippen molar-refractivity contribution in [3.8, 4) is 0 Å². The van der Waals surface area contributed by atoms with E-state index in [2.05, 4.69) is 10.7 Å². The number of rotatable bonds is 2. The van der Waals surface area contributed by atoms with Gasteiger partial charge < -0.3 is 5.32 Å². The molecule has 8 heteroatoms. The third-order valence-electron chi connectivity index (χ3n) is 2.37. The number of hydrogen-bond donors (Lipinski definition) is 2. The molecule has 0 aromatic heterocycles. The van der Waals surface area contributed by atoms with Crippen LogP contribution in [0.5, 0.6) is 0 Å². The van der Waals surface area contributed by atoms with Crippen LogP contribution in [0.1, 0.15) is 0 Å². The van der Waals surface area contributed by atoms with Crippen LogP contribution in [0, 0.1) is 0 Å². The summed E-state index contributed by atoms with van der Waals surface area (Å²) in [4.78, 5) is 21.4. The highest BCUT2D eigenvalue weighted by Crippen LogP contribution is 2.21. The van der Waals surface area contributed by atoms with Crippen molar-refractivity contribution in [2.45, 2.75) is 12.1 Å². The molecule has 2 N–H and O–H groups in total. The lowest BCUT2D eigenvalue weighted by Crippen LogP contribution is -2.46. The molecule has 2 aliphatic rings. The van der Waals surface area contributed by atoms with Gasteiger partial charge in [0, 0.05) is 0 Å². The first-order valence-corrected chi connectivity index (χ1v) is 5.85. The summed E-state index contributed by atoms with van der Waals surface area (Å²) >= 11 is 0. The monoisotopic (exact) mass is 219 g/mol. The maximum atomic E-state index is 11.2. The lowest BCUT2D eigenvalue weighted by molar-refractivity contribution is -0.113. The molecule has 2 atom stereocenters. The normalized spacial score (nSPS) is 33.7. The van der Waals surface area contributed by atoms with Crippen LogP contribution < -0.4 is 10.7 Å². The Balaban J connectivity index is 2.21. The molecular formula is C6H9N3O4S. The van der Waals surface area contributed by atoms with Gasteiger partial charge in [-0.25, -0.2) is 18.2 Å². The lowest BCUT2D eigenvalue weighted by Gasteiger charge is -2.18. The number of hydrogen-bond acceptors (Lipinski definition) is 4. The third kappa shape index (κ3) is 1.31. The Morgan fingerprint density at radius 2 is 2.21 bits per heavy atom. The van der Waals surface area contributed by atoms with Gasteiger partial charge in [-0.3, -0.25) is 10.2 Å². The Morgan fingerprint density at radius 1 is 1.50 bits per heavy atom. The fraction of sp³-hybridized carbons (Fsp3) is 0.667. The van der Waals surface area contributed by atoms with Crippen molar-refractivity contribution in [2.24, 2.45) is 0 Å². The number of carbonyl (C=O) groups excluding carboxylic acids is 2. The van der Waals surface area contributed by atoms with Crippen LogP contribution in [-0.2, 0) is 14.6 Å². The zero-order chi connectivity index (χ0) is 10.3. The molecule has 0 aromatic carbocycles. The van der Waals surface area contributed by atoms with Gasteiger partial charge in [0.1, 0.15) is 0 Å². The molecule has 0 aromatic rings. The highest BCUT2D eigenvalue weighted by molar-refractivity contribution is 7.91. The first-order valence-electron chi connectivity index (χ1n) is 4.03. The van der Waals surface area contributed by atoms with Crippen LogP contribution in [0.2, 0.25) is 0 Å². The van der Waals surface area contributed by atoms with E-state index in [9.17, 15) is 18.0 Å². The average molecular weight is 219 g/mol. The minimum atomic E-state index is -3.09. The van der Waals surface area contributed by atoms with E-state index in [0.717, 1.165) is 5.01 Å². The third-order valence-corrected chi connectivity index (χ3v) is 4.09. The Kier molecular flexibility index (Phi) is 1.88. The van der Waals surface area contributed by atoms with E-state index in [4.69, 9.17) is 0 Å². The molecule has 2 aliphatic heterocycles. The molecule has 0 bridgehead atoms. The van der Waals surface area contributed by atoms with Crippen LogP contribution >= 0.6 is 0 Å². The zero-order valence-corrected chi connectivity index (χ0v) is 7.95. The SMILES string of the molecule is O=CNN1C(=O)N[C@H]2CS(=O)(=O)C[C@@H]21. The molecule has 7 nitrogen and oxygen atoms in total. The first-order chi connectivity index (χ1) is 6.53. The number of hydrazine groups is 1. The quantitative estimate of drug-likeness (QED) is 0.408. The topological polar surface area (TPSA) is 95.6 Å². The van der Waals surface area contributed by atoms with E-state index < -0.39 is 28.0 Å². The van der Waals surface area contributed by atoms with Crippen LogP contribution in [-0.4, -0.2) is 49.5 Å². The molecule has 2 saturated heterocycles. The van der Waals surface area contributed by atoms with E-state index in [-0.39, 0.29) is 11.5 Å². The van der Waals surface area contributed by atoms with Gasteiger partial charge in [-0.05, 0) is 0 Å². The maximum Gasteiger partial charge on any atom is 0.336 e. The lowest BCUT2D eigenvalue weighted by atomic mass is 10.2. The Labute approximate surface area is 80.3 Å². The van der Waals surface area contributed by atoms with E-state index >= 15 is 0 Å². The first kappa shape index (κ1) is 9.25. The summed E-state index contributed by atoms with van der Waals surface area (Å²) in [5.74, 6) is -0.155. The number of nitrogens with one attached hydrogen (secondary N) is 2. The van der Waals surface area contributed by atoms with Crippen molar-refractivity contribution in [1.29, 1.82) is 0 Å². The van der Waals surface area contributed by atoms with E-state index in [1.54, 1.807) is 0 Å². The predicted octanol–water partition coefficient (Wildman–Crippen LogP) is -2.16. The molecule has 0 unspecified atom stereocenters. The summed E-state index contributed by atoms with van der Waals surface area (Å²) in [7, 11) is -3.09. The standard InChI is InChI=1S/C6H9N3O4S/c10-3-7-9-5-2-14(12,13)1-4(5)8-6(9)11/h3-5H,1-2H2,(H,7,10)(H,8,11)/t4-,5-/m0/s1. The number of nitrogens with zero attached hydrogens (tertiary/aromatic N) is 1. The van der Waals surface area contributed by atoms with E-state index in [1.807, 2.05) is 0 Å². The second-order valence-corrected chi connectivity index (χ2v) is 5.47. The van der Waals surface area contributed by atoms with Gasteiger partial charge in [0.2, 0.25) is 6.41 Å². The van der Waals surface area contributed by atoms with Gasteiger partial charge in [0.25, 0.3) is 0 Å². The Hall–Kier alpha value is -1.31. The van der Waals surface area contributed by atoms with Crippen LogP contribution in [0.15, 0.2) is 0 Å². The van der Waals surface area contributed by atoms with Crippen molar-refractivity contribution in [3.05, 3.63) is 0 Å². The van der Waals surface area contributed by atoms with Crippen molar-refractivity contribution in [1.82, 2.24) is 15.8 Å². The number of sulfone groups is 1. The second kappa shape index (κ2) is 2.84. The molecule has 78 valence electrons. The van der Waals surface area contributed by atoms with Crippen LogP contribution in [0.3, 0.4) is 0 Å². The van der Waals surface area contributed by atoms with Crippen LogP contribution in [0.4, 0.5) is 4.79 Å². The molecule has 0 aliphatic carbocycles. The molecule has 0 saturated carbocycles. The average Bonchev–Trinajstić information content (AvgIpc) is 2.47. The van der Waals surface area contributed by atoms with Crippen LogP contribution in [0.25, 0.3) is 0 Å². The Bertz CT molecular complexity index is 379. The summed E-state index contributed by atoms with van der Waals surface area (Å²) < 4.78 is 22.4. The van der Waals surface area contributed by atoms with Crippen molar-refractivity contribution >= 4 is 22.3 Å². The predicted molar refractivity (Wildman–Crippen MR) is 45.8 cm³/mol. The minimum absolute atomic E-state index is 0.0551. The molecule has 14 heavy (non-hydrogen) atoms. The van der Waals surface area contributed by atoms with E-state index in [0.29, 0.717) is 6.41 Å². The van der Waals surface area contributed by atoms with Gasteiger partial charge in [0.05, 0.1) is 23.6 Å². The summed E-state index contributed by atoms with van der Waals surface area (Å²) in [5, 5.41) is 3.52. The van der Waals surface area contributed by atoms with Gasteiger partial charge >= 0.3 is 6.03 Å². The van der Waals surface area contributed by atoms with Gasteiger partial charge in [-0.1, -0.05) is 0 Å². The molecule has 2 rings (SSSR count). The van der Waals surface area contributed by atoms with E-state index in [1.165, 1.54) is 0 Å². The van der Waals surface area contributed by atoms with Gasteiger partial charge in [-0.15, -0.1) is 0 Å². The minimum Gasteiger partial charge on any atom is -0.331 e. The largest absolute Gasteiger partial charge is 0.336 e. The fourth-order valence-electron chi connectivity index (χ4n) is 1.81. The van der Waals surface area contributed by atoms with Crippen molar-refractivity contribution in [2.75, 3.05) is 11.5 Å². The maximum absolute atomic E-state index is 11.2. The van der Waals surface area contributed by atoms with Gasteiger partial charge in [-0.2, -0.15) is 0 Å². The highest BCUT2D eigenvalue weighted by Gasteiger charge is 2.49. The van der Waals surface area contributed by atoms with Gasteiger partial charge in [0.15, 0.2) is 9.84 Å². The molecule has 0 radical (unpaired) electrons. The number of carbonyl (C=O) groups is 2. The number of amides is 3. The smallest absolute Gasteiger partial charge is 0.331 e. The Morgan fingerprint density at radius 3 is 2.86 bits per heavy atom. The summed E-state index contributed by atoms with van der Waals surface area (Å²) in [6, 6.07) is -1.33. The molecular weight excluding hydrogens is 210 g/mol. The van der Waals surface area contributed by atoms with Crippen molar-refractivity contribution in [3.63, 3.8) is 0 Å². The summed E-state index contributed by atoms with van der Waals surface area (Å²) in [6.07, 6.45) is 0.354. The molecule has 2 fully saturated rings. The fourth-order valence-corrected chi connectivity index (χ4v) is 3.70. The molecule has 2 heterocycles. The zero-order valence-electron chi connectivity index (χ0n) is 7.13. The second-order valence-electron chi connectivity index (χ2n) is 3.32. The molecule has 0 spiro atoms. The van der Waals surface area contributed by atoms with Crippen molar-refractivity contribution < 1.29 is 18.0 Å². The summed E-state index contributed by atoms with van der Waals surface area (Å²) in [5.41, 5.74) is 2.18. The number of fused-ring (bicyclic) bond motifs is 1. The highest BCUT2D eigenvalue weighted by atomic mass is 32.2.